The van der Waals surface area contributed by atoms with Crippen molar-refractivity contribution in [1.82, 2.24) is 0 Å². The van der Waals surface area contributed by atoms with Gasteiger partial charge in [-0.3, -0.25) is 0 Å². The molecule has 0 fully saturated rings. The lowest BCUT2D eigenvalue weighted by Gasteiger charge is -2.10. The van der Waals surface area contributed by atoms with Crippen LogP contribution in [0.5, 0.6) is 0 Å². The van der Waals surface area contributed by atoms with Crippen molar-refractivity contribution in [3.05, 3.63) is 52.0 Å². The molecule has 0 aliphatic heterocycles. The Morgan fingerprint density at radius 3 is 2.28 bits per heavy atom. The molecule has 0 aromatic heterocycles. The number of halogens is 4. The summed E-state index contributed by atoms with van der Waals surface area (Å²) in [5.41, 5.74) is 6.63. The van der Waals surface area contributed by atoms with Crippen LogP contribution in [0.15, 0.2) is 30.3 Å². The van der Waals surface area contributed by atoms with E-state index in [0.29, 0.717) is 11.4 Å². The van der Waals surface area contributed by atoms with E-state index in [1.807, 2.05) is 0 Å². The lowest BCUT2D eigenvalue weighted by atomic mass is 10.2. The number of hydrogen-bond acceptors (Lipinski definition) is 2. The number of anilines is 3. The van der Waals surface area contributed by atoms with Crippen LogP contribution >= 0.6 is 23.2 Å². The van der Waals surface area contributed by atoms with Crippen molar-refractivity contribution in [1.29, 1.82) is 0 Å². The quantitative estimate of drug-likeness (QED) is 0.793. The van der Waals surface area contributed by atoms with Crippen LogP contribution < -0.4 is 11.1 Å². The van der Waals surface area contributed by atoms with Gasteiger partial charge in [0.25, 0.3) is 0 Å². The zero-order valence-electron chi connectivity index (χ0n) is 8.98. The maximum absolute atomic E-state index is 13.2. The van der Waals surface area contributed by atoms with Crippen molar-refractivity contribution in [2.45, 2.75) is 0 Å². The minimum atomic E-state index is -0.609. The van der Waals surface area contributed by atoms with Gasteiger partial charge < -0.3 is 11.1 Å². The smallest absolute Gasteiger partial charge is 0.143 e. The first-order valence-electron chi connectivity index (χ1n) is 4.94. The normalized spacial score (nSPS) is 10.4. The highest BCUT2D eigenvalue weighted by molar-refractivity contribution is 6.31. The predicted octanol–water partition coefficient (Wildman–Crippen LogP) is 4.60. The molecule has 94 valence electrons. The monoisotopic (exact) mass is 288 g/mol. The molecule has 2 rings (SSSR count). The van der Waals surface area contributed by atoms with Crippen LogP contribution in [0.4, 0.5) is 25.8 Å². The summed E-state index contributed by atoms with van der Waals surface area (Å²) in [4.78, 5) is 0. The topological polar surface area (TPSA) is 38.0 Å². The summed E-state index contributed by atoms with van der Waals surface area (Å²) in [6.45, 7) is 0. The summed E-state index contributed by atoms with van der Waals surface area (Å²) in [6, 6.07) is 6.61. The van der Waals surface area contributed by atoms with Crippen LogP contribution in [0.25, 0.3) is 0 Å². The third kappa shape index (κ3) is 2.66. The van der Waals surface area contributed by atoms with Crippen LogP contribution in [-0.4, -0.2) is 0 Å². The van der Waals surface area contributed by atoms with E-state index in [-0.39, 0.29) is 15.7 Å². The molecule has 0 saturated heterocycles. The van der Waals surface area contributed by atoms with Crippen molar-refractivity contribution in [3.8, 4) is 0 Å². The van der Waals surface area contributed by atoms with E-state index < -0.39 is 11.6 Å². The van der Waals surface area contributed by atoms with Crippen LogP contribution in [-0.2, 0) is 0 Å². The largest absolute Gasteiger partial charge is 0.397 e. The highest BCUT2D eigenvalue weighted by Gasteiger charge is 2.07. The average molecular weight is 289 g/mol. The van der Waals surface area contributed by atoms with Crippen molar-refractivity contribution in [2.75, 3.05) is 11.1 Å². The summed E-state index contributed by atoms with van der Waals surface area (Å²) in [6.07, 6.45) is 0. The van der Waals surface area contributed by atoms with Gasteiger partial charge in [0.05, 0.1) is 21.4 Å². The maximum atomic E-state index is 13.2. The molecule has 0 radical (unpaired) electrons. The molecule has 2 aromatic rings. The molecular weight excluding hydrogens is 281 g/mol. The van der Waals surface area contributed by atoms with E-state index >= 15 is 0 Å². The number of nitrogen functional groups attached to an aromatic ring is 1. The summed E-state index contributed by atoms with van der Waals surface area (Å²) < 4.78 is 26.3. The molecule has 0 bridgehead atoms. The standard InChI is InChI=1S/C12H8Cl2F2N2/c13-7-2-1-6(3-9(7)15)18-12-4-8(14)10(16)5-11(12)17/h1-5,18H,17H2. The Labute approximate surface area is 112 Å². The molecule has 2 aromatic carbocycles. The zero-order chi connectivity index (χ0) is 13.3. The van der Waals surface area contributed by atoms with Crippen molar-refractivity contribution >= 4 is 40.3 Å². The van der Waals surface area contributed by atoms with E-state index in [4.69, 9.17) is 28.9 Å². The van der Waals surface area contributed by atoms with Gasteiger partial charge in [-0.1, -0.05) is 23.2 Å². The van der Waals surface area contributed by atoms with Crippen LogP contribution in [0, 0.1) is 11.6 Å². The van der Waals surface area contributed by atoms with Crippen LogP contribution in [0.1, 0.15) is 0 Å². The molecule has 0 atom stereocenters. The van der Waals surface area contributed by atoms with E-state index in [2.05, 4.69) is 5.32 Å². The van der Waals surface area contributed by atoms with Crippen LogP contribution in [0.3, 0.4) is 0 Å². The number of nitrogens with two attached hydrogens (primary N) is 1. The molecule has 0 amide bonds. The second-order valence-corrected chi connectivity index (χ2v) is 4.42. The van der Waals surface area contributed by atoms with Crippen molar-refractivity contribution < 1.29 is 8.78 Å². The van der Waals surface area contributed by atoms with Crippen molar-refractivity contribution in [3.63, 3.8) is 0 Å². The lowest BCUT2D eigenvalue weighted by molar-refractivity contribution is 0.628. The third-order valence-corrected chi connectivity index (χ3v) is 2.89. The van der Waals surface area contributed by atoms with E-state index in [1.165, 1.54) is 18.2 Å². The fourth-order valence-corrected chi connectivity index (χ4v) is 1.68. The first kappa shape index (κ1) is 12.9. The van der Waals surface area contributed by atoms with E-state index in [9.17, 15) is 8.78 Å². The Bertz CT molecular complexity index is 603. The highest BCUT2D eigenvalue weighted by Crippen LogP contribution is 2.29. The highest BCUT2D eigenvalue weighted by atomic mass is 35.5. The van der Waals surface area contributed by atoms with Gasteiger partial charge in [-0.25, -0.2) is 8.78 Å². The zero-order valence-corrected chi connectivity index (χ0v) is 10.5. The van der Waals surface area contributed by atoms with Gasteiger partial charge in [0.2, 0.25) is 0 Å². The fourth-order valence-electron chi connectivity index (χ4n) is 1.40. The molecule has 0 unspecified atom stereocenters. The number of rotatable bonds is 2. The van der Waals surface area contributed by atoms with Gasteiger partial charge in [-0.2, -0.15) is 0 Å². The Hall–Kier alpha value is -1.52. The molecule has 0 aliphatic rings. The van der Waals surface area contributed by atoms with Crippen LogP contribution in [0.2, 0.25) is 10.0 Å². The Morgan fingerprint density at radius 2 is 1.61 bits per heavy atom. The van der Waals surface area contributed by atoms with Gasteiger partial charge >= 0.3 is 0 Å². The molecule has 0 saturated carbocycles. The minimum Gasteiger partial charge on any atom is -0.397 e. The first-order chi connectivity index (χ1) is 8.47. The molecular formula is C12H8Cl2F2N2. The molecule has 18 heavy (non-hydrogen) atoms. The Balaban J connectivity index is 2.34. The first-order valence-corrected chi connectivity index (χ1v) is 5.69. The second kappa shape index (κ2) is 5.00. The molecule has 0 aliphatic carbocycles. The molecule has 0 spiro atoms. The fraction of sp³-hybridized carbons (Fsp3) is 0. The SMILES string of the molecule is Nc1cc(F)c(Cl)cc1Nc1ccc(Cl)c(F)c1. The Morgan fingerprint density at radius 1 is 0.944 bits per heavy atom. The lowest BCUT2D eigenvalue weighted by Crippen LogP contribution is -1.98. The average Bonchev–Trinajstić information content (AvgIpc) is 2.31. The van der Waals surface area contributed by atoms with E-state index in [1.54, 1.807) is 6.07 Å². The van der Waals surface area contributed by atoms with Gasteiger partial charge in [-0.15, -0.1) is 0 Å². The number of benzene rings is 2. The number of hydrogen-bond donors (Lipinski definition) is 2. The van der Waals surface area contributed by atoms with Gasteiger partial charge in [-0.05, 0) is 24.3 Å². The second-order valence-electron chi connectivity index (χ2n) is 3.61. The van der Waals surface area contributed by atoms with Gasteiger partial charge in [0.1, 0.15) is 11.6 Å². The van der Waals surface area contributed by atoms with Gasteiger partial charge in [0.15, 0.2) is 0 Å². The molecule has 2 nitrogen and oxygen atoms in total. The maximum Gasteiger partial charge on any atom is 0.143 e. The minimum absolute atomic E-state index is 0.0191. The summed E-state index contributed by atoms with van der Waals surface area (Å²) in [5.74, 6) is -1.17. The summed E-state index contributed by atoms with van der Waals surface area (Å²) in [7, 11) is 0. The summed E-state index contributed by atoms with van der Waals surface area (Å²) in [5, 5.41) is 2.78. The Kier molecular flexibility index (Phi) is 3.59. The predicted molar refractivity (Wildman–Crippen MR) is 70.5 cm³/mol. The van der Waals surface area contributed by atoms with Gasteiger partial charge in [0, 0.05) is 11.8 Å². The van der Waals surface area contributed by atoms with E-state index in [0.717, 1.165) is 6.07 Å². The molecule has 6 heteroatoms. The van der Waals surface area contributed by atoms with Crippen molar-refractivity contribution in [2.24, 2.45) is 0 Å². The molecule has 3 N–H and O–H groups in total. The molecule has 0 heterocycles. The third-order valence-electron chi connectivity index (χ3n) is 2.29. The summed E-state index contributed by atoms with van der Waals surface area (Å²) >= 11 is 11.2. The number of nitrogens with one attached hydrogen (secondary N) is 1.